The Labute approximate surface area is 123 Å². The normalized spacial score (nSPS) is 18.4. The molecule has 1 fully saturated rings. The molecule has 0 spiro atoms. The van der Waals surface area contributed by atoms with Gasteiger partial charge in [0.25, 0.3) is 5.69 Å². The molecule has 0 N–H and O–H groups in total. The Kier molecular flexibility index (Phi) is 4.72. The van der Waals surface area contributed by atoms with Gasteiger partial charge in [-0.15, -0.1) is 0 Å². The third-order valence-electron chi connectivity index (χ3n) is 3.78. The van der Waals surface area contributed by atoms with Crippen molar-refractivity contribution in [3.05, 3.63) is 27.9 Å². The first-order chi connectivity index (χ1) is 10.0. The molecular weight excluding hydrogens is 274 g/mol. The molecule has 0 aromatic carbocycles. The van der Waals surface area contributed by atoms with E-state index >= 15 is 0 Å². The maximum absolute atomic E-state index is 11.5. The van der Waals surface area contributed by atoms with Gasteiger partial charge >= 0.3 is 5.97 Å². The summed E-state index contributed by atoms with van der Waals surface area (Å²) in [6, 6.07) is 1.56. The van der Waals surface area contributed by atoms with E-state index in [9.17, 15) is 14.9 Å². The van der Waals surface area contributed by atoms with Crippen molar-refractivity contribution in [3.8, 4) is 0 Å². The number of aromatic nitrogens is 1. The maximum atomic E-state index is 11.5. The SMILES string of the molecule is COC(=O)CC1CCCCN1c1ncc([N+](=O)[O-])cc1C. The van der Waals surface area contributed by atoms with Gasteiger partial charge in [-0.3, -0.25) is 14.9 Å². The smallest absolute Gasteiger partial charge is 0.307 e. The molecule has 1 aliphatic heterocycles. The van der Waals surface area contributed by atoms with Crippen LogP contribution in [0.2, 0.25) is 0 Å². The maximum Gasteiger partial charge on any atom is 0.307 e. The van der Waals surface area contributed by atoms with Crippen LogP contribution in [-0.4, -0.2) is 35.6 Å². The molecule has 1 atom stereocenters. The minimum Gasteiger partial charge on any atom is -0.469 e. The van der Waals surface area contributed by atoms with E-state index in [-0.39, 0.29) is 17.7 Å². The number of hydrogen-bond acceptors (Lipinski definition) is 6. The summed E-state index contributed by atoms with van der Waals surface area (Å²) in [5.41, 5.74) is 0.735. The van der Waals surface area contributed by atoms with Crippen molar-refractivity contribution < 1.29 is 14.5 Å². The zero-order valence-corrected chi connectivity index (χ0v) is 12.2. The highest BCUT2D eigenvalue weighted by Gasteiger charge is 2.27. The van der Waals surface area contributed by atoms with Gasteiger partial charge in [0.2, 0.25) is 0 Å². The predicted molar refractivity (Wildman–Crippen MR) is 77.2 cm³/mol. The van der Waals surface area contributed by atoms with E-state index in [0.717, 1.165) is 31.4 Å². The molecule has 2 rings (SSSR count). The lowest BCUT2D eigenvalue weighted by molar-refractivity contribution is -0.385. The van der Waals surface area contributed by atoms with E-state index in [1.54, 1.807) is 6.92 Å². The van der Waals surface area contributed by atoms with Crippen molar-refractivity contribution in [1.29, 1.82) is 0 Å². The molecule has 7 heteroatoms. The number of ether oxygens (including phenoxy) is 1. The van der Waals surface area contributed by atoms with Crippen molar-refractivity contribution in [2.24, 2.45) is 0 Å². The summed E-state index contributed by atoms with van der Waals surface area (Å²) in [6.07, 6.45) is 4.56. The molecule has 0 saturated carbocycles. The second kappa shape index (κ2) is 6.51. The molecule has 1 unspecified atom stereocenters. The monoisotopic (exact) mass is 293 g/mol. The number of anilines is 1. The second-order valence-corrected chi connectivity index (χ2v) is 5.21. The standard InChI is InChI=1S/C14H19N3O4/c1-10-7-12(17(19)20)9-15-14(10)16-6-4-3-5-11(16)8-13(18)21-2/h7,9,11H,3-6,8H2,1-2H3. The summed E-state index contributed by atoms with van der Waals surface area (Å²) in [4.78, 5) is 28.2. The molecule has 2 heterocycles. The molecule has 1 saturated heterocycles. The predicted octanol–water partition coefficient (Wildman–Crippen LogP) is 2.22. The van der Waals surface area contributed by atoms with Crippen LogP contribution >= 0.6 is 0 Å². The number of nitro groups is 1. The fourth-order valence-corrected chi connectivity index (χ4v) is 2.72. The highest BCUT2D eigenvalue weighted by atomic mass is 16.6. The molecular formula is C14H19N3O4. The van der Waals surface area contributed by atoms with Crippen LogP contribution < -0.4 is 4.90 Å². The number of carbonyl (C=O) groups excluding carboxylic acids is 1. The average Bonchev–Trinajstić information content (AvgIpc) is 2.47. The van der Waals surface area contributed by atoms with Gasteiger partial charge in [0.15, 0.2) is 0 Å². The molecule has 7 nitrogen and oxygen atoms in total. The summed E-state index contributed by atoms with van der Waals surface area (Å²) in [5.74, 6) is 0.473. The van der Waals surface area contributed by atoms with Crippen molar-refractivity contribution in [2.45, 2.75) is 38.6 Å². The number of nitrogens with zero attached hydrogens (tertiary/aromatic N) is 3. The van der Waals surface area contributed by atoms with E-state index in [1.165, 1.54) is 19.4 Å². The Hall–Kier alpha value is -2.18. The summed E-state index contributed by atoms with van der Waals surface area (Å²) < 4.78 is 4.74. The summed E-state index contributed by atoms with van der Waals surface area (Å²) in [5, 5.41) is 10.8. The first kappa shape index (κ1) is 15.2. The van der Waals surface area contributed by atoms with Crippen LogP contribution in [0.25, 0.3) is 0 Å². The lowest BCUT2D eigenvalue weighted by Crippen LogP contribution is -2.42. The average molecular weight is 293 g/mol. The van der Waals surface area contributed by atoms with Gasteiger partial charge in [-0.05, 0) is 31.7 Å². The number of esters is 1. The van der Waals surface area contributed by atoms with Crippen LogP contribution in [0.5, 0.6) is 0 Å². The zero-order chi connectivity index (χ0) is 15.4. The molecule has 0 amide bonds. The molecule has 0 radical (unpaired) electrons. The van der Waals surface area contributed by atoms with Crippen LogP contribution in [-0.2, 0) is 9.53 Å². The topological polar surface area (TPSA) is 85.6 Å². The van der Waals surface area contributed by atoms with E-state index in [4.69, 9.17) is 4.74 Å². The number of aryl methyl sites for hydroxylation is 1. The fraction of sp³-hybridized carbons (Fsp3) is 0.571. The number of carbonyl (C=O) groups is 1. The number of methoxy groups -OCH3 is 1. The van der Waals surface area contributed by atoms with Gasteiger partial charge in [-0.2, -0.15) is 0 Å². The molecule has 21 heavy (non-hydrogen) atoms. The van der Waals surface area contributed by atoms with Gasteiger partial charge < -0.3 is 9.64 Å². The van der Waals surface area contributed by atoms with Crippen molar-refractivity contribution in [1.82, 2.24) is 4.98 Å². The number of pyridine rings is 1. The summed E-state index contributed by atoms with van der Waals surface area (Å²) >= 11 is 0. The lowest BCUT2D eigenvalue weighted by atomic mass is 9.98. The van der Waals surface area contributed by atoms with Gasteiger partial charge in [-0.1, -0.05) is 0 Å². The minimum absolute atomic E-state index is 0.0159. The third kappa shape index (κ3) is 3.48. The molecule has 114 valence electrons. The number of rotatable bonds is 4. The van der Waals surface area contributed by atoms with Gasteiger partial charge in [0, 0.05) is 18.7 Å². The fourth-order valence-electron chi connectivity index (χ4n) is 2.72. The third-order valence-corrected chi connectivity index (χ3v) is 3.78. The highest BCUT2D eigenvalue weighted by Crippen LogP contribution is 2.29. The second-order valence-electron chi connectivity index (χ2n) is 5.21. The van der Waals surface area contributed by atoms with E-state index in [0.29, 0.717) is 12.2 Å². The van der Waals surface area contributed by atoms with Gasteiger partial charge in [0.1, 0.15) is 12.0 Å². The van der Waals surface area contributed by atoms with Crippen molar-refractivity contribution >= 4 is 17.5 Å². The van der Waals surface area contributed by atoms with Crippen LogP contribution in [0.3, 0.4) is 0 Å². The quantitative estimate of drug-likeness (QED) is 0.480. The number of piperidine rings is 1. The van der Waals surface area contributed by atoms with Crippen LogP contribution in [0, 0.1) is 17.0 Å². The molecule has 1 aromatic rings. The van der Waals surface area contributed by atoms with Crippen molar-refractivity contribution in [2.75, 3.05) is 18.6 Å². The highest BCUT2D eigenvalue weighted by molar-refractivity contribution is 5.71. The Morgan fingerprint density at radius 3 is 2.95 bits per heavy atom. The van der Waals surface area contributed by atoms with Gasteiger partial charge in [0.05, 0.1) is 18.5 Å². The summed E-state index contributed by atoms with van der Waals surface area (Å²) in [6.45, 7) is 2.60. The van der Waals surface area contributed by atoms with E-state index in [2.05, 4.69) is 9.88 Å². The largest absolute Gasteiger partial charge is 0.469 e. The molecule has 0 bridgehead atoms. The Morgan fingerprint density at radius 2 is 2.33 bits per heavy atom. The first-order valence-electron chi connectivity index (χ1n) is 6.97. The van der Waals surface area contributed by atoms with Crippen LogP contribution in [0.4, 0.5) is 11.5 Å². The van der Waals surface area contributed by atoms with E-state index < -0.39 is 4.92 Å². The van der Waals surface area contributed by atoms with Crippen LogP contribution in [0.15, 0.2) is 12.3 Å². The van der Waals surface area contributed by atoms with Crippen molar-refractivity contribution in [3.63, 3.8) is 0 Å². The first-order valence-corrected chi connectivity index (χ1v) is 6.97. The zero-order valence-electron chi connectivity index (χ0n) is 12.2. The van der Waals surface area contributed by atoms with E-state index in [1.807, 2.05) is 0 Å². The Morgan fingerprint density at radius 1 is 1.57 bits per heavy atom. The number of hydrogen-bond donors (Lipinski definition) is 0. The minimum atomic E-state index is -0.452. The molecule has 1 aromatic heterocycles. The molecule has 0 aliphatic carbocycles. The Balaban J connectivity index is 2.24. The lowest BCUT2D eigenvalue weighted by Gasteiger charge is -2.36. The summed E-state index contributed by atoms with van der Waals surface area (Å²) in [7, 11) is 1.38. The van der Waals surface area contributed by atoms with Crippen LogP contribution in [0.1, 0.15) is 31.2 Å². The Bertz CT molecular complexity index is 547. The molecule has 1 aliphatic rings. The van der Waals surface area contributed by atoms with Gasteiger partial charge in [-0.25, -0.2) is 4.98 Å².